The third-order valence-corrected chi connectivity index (χ3v) is 2.47. The molecular weight excluding hydrogens is 390 g/mol. The van der Waals surface area contributed by atoms with Crippen LogP contribution in [0.3, 0.4) is 0 Å². The molecule has 0 bridgehead atoms. The van der Waals surface area contributed by atoms with Gasteiger partial charge in [0.05, 0.1) is 0 Å². The van der Waals surface area contributed by atoms with Crippen molar-refractivity contribution >= 4 is 0 Å². The van der Waals surface area contributed by atoms with E-state index < -0.39 is 5.82 Å². The zero-order chi connectivity index (χ0) is 11.7. The van der Waals surface area contributed by atoms with Crippen LogP contribution in [0.25, 0.3) is 11.1 Å². The van der Waals surface area contributed by atoms with E-state index in [1.165, 1.54) is 6.07 Å². The summed E-state index contributed by atoms with van der Waals surface area (Å²) in [7, 11) is 0. The molecule has 0 nitrogen and oxygen atoms in total. The van der Waals surface area contributed by atoms with Gasteiger partial charge in [-0.25, -0.2) is 19.9 Å². The molecule has 0 aliphatic heterocycles. The van der Waals surface area contributed by atoms with Crippen LogP contribution in [0.5, 0.6) is 0 Å². The van der Waals surface area contributed by atoms with Crippen molar-refractivity contribution in [3.63, 3.8) is 0 Å². The molecule has 17 heavy (non-hydrogen) atoms. The number of hydrogen-bond donors (Lipinski definition) is 0. The minimum Gasteiger partial charge on any atom is -0.230 e. The summed E-state index contributed by atoms with van der Waals surface area (Å²) >= 11 is 0. The molecule has 86 valence electrons. The minimum atomic E-state index is -0.410. The zero-order valence-corrected chi connectivity index (χ0v) is 12.4. The first-order chi connectivity index (χ1) is 7.58. The fraction of sp³-hybridized carbons (Fsp3) is 0.143. The van der Waals surface area contributed by atoms with Gasteiger partial charge in [0, 0.05) is 11.6 Å². The average molecular weight is 400 g/mol. The van der Waals surface area contributed by atoms with Gasteiger partial charge in [-0.15, -0.1) is 6.07 Å². The Bertz CT molecular complexity index is 486. The second-order valence-corrected chi connectivity index (χ2v) is 3.75. The molecule has 0 N–H and O–H groups in total. The van der Waals surface area contributed by atoms with Crippen LogP contribution >= 0.6 is 0 Å². The van der Waals surface area contributed by atoms with E-state index in [1.807, 2.05) is 0 Å². The Morgan fingerprint density at radius 3 is 2.29 bits per heavy atom. The molecule has 0 unspecified atom stereocenters. The van der Waals surface area contributed by atoms with E-state index in [0.29, 0.717) is 22.3 Å². The molecule has 0 saturated heterocycles. The third-order valence-electron chi connectivity index (χ3n) is 2.47. The first-order valence-corrected chi connectivity index (χ1v) is 4.94. The zero-order valence-electron chi connectivity index (χ0n) is 9.47. The van der Waals surface area contributed by atoms with Crippen molar-refractivity contribution in [1.82, 2.24) is 0 Å². The van der Waals surface area contributed by atoms with Crippen molar-refractivity contribution in [2.45, 2.75) is 13.8 Å². The van der Waals surface area contributed by atoms with Gasteiger partial charge >= 0.3 is 21.1 Å². The molecule has 2 aromatic rings. The van der Waals surface area contributed by atoms with E-state index in [-0.39, 0.29) is 26.9 Å². The summed E-state index contributed by atoms with van der Waals surface area (Å²) in [4.78, 5) is 0. The van der Waals surface area contributed by atoms with Crippen LogP contribution in [0.4, 0.5) is 8.78 Å². The number of aryl methyl sites for hydroxylation is 2. The van der Waals surface area contributed by atoms with Gasteiger partial charge in [0.2, 0.25) is 0 Å². The van der Waals surface area contributed by atoms with E-state index in [1.54, 1.807) is 32.0 Å². The Kier molecular flexibility index (Phi) is 4.59. The van der Waals surface area contributed by atoms with E-state index in [0.717, 1.165) is 0 Å². The van der Waals surface area contributed by atoms with Crippen LogP contribution in [-0.2, 0) is 21.1 Å². The smallest absolute Gasteiger partial charge is 0.230 e. The minimum absolute atomic E-state index is 0. The number of benzene rings is 2. The fourth-order valence-electron chi connectivity index (χ4n) is 1.39. The predicted octanol–water partition coefficient (Wildman–Crippen LogP) is 3.85. The van der Waals surface area contributed by atoms with Crippen molar-refractivity contribution in [2.75, 3.05) is 0 Å². The van der Waals surface area contributed by atoms with E-state index >= 15 is 0 Å². The Balaban J connectivity index is 0.00000144. The summed E-state index contributed by atoms with van der Waals surface area (Å²) in [5, 5.41) is 0. The van der Waals surface area contributed by atoms with Crippen LogP contribution in [0.15, 0.2) is 24.3 Å². The number of halogens is 2. The quantitative estimate of drug-likeness (QED) is 0.639. The molecule has 0 heterocycles. The summed E-state index contributed by atoms with van der Waals surface area (Å²) in [6, 6.07) is 11.7. The van der Waals surface area contributed by atoms with Gasteiger partial charge in [-0.2, -0.15) is 30.3 Å². The maximum atomic E-state index is 13.3. The monoisotopic (exact) mass is 400 g/mol. The Hall–Kier alpha value is -1.01. The van der Waals surface area contributed by atoms with Gasteiger partial charge in [-0.1, -0.05) is 25.0 Å². The molecule has 0 aromatic heterocycles. The molecule has 0 aliphatic rings. The molecule has 0 radical (unpaired) electrons. The summed E-state index contributed by atoms with van der Waals surface area (Å²) in [6.45, 7) is 3.32. The number of hydrogen-bond acceptors (Lipinski definition) is 0. The second kappa shape index (κ2) is 5.55. The van der Waals surface area contributed by atoms with Crippen molar-refractivity contribution in [1.29, 1.82) is 0 Å². The van der Waals surface area contributed by atoms with Crippen LogP contribution in [0, 0.1) is 37.6 Å². The Labute approximate surface area is 114 Å². The molecule has 2 aromatic carbocycles. The molecule has 0 aliphatic carbocycles. The summed E-state index contributed by atoms with van der Waals surface area (Å²) in [6.07, 6.45) is 0. The Morgan fingerprint density at radius 1 is 1.00 bits per heavy atom. The van der Waals surface area contributed by atoms with E-state index in [9.17, 15) is 8.78 Å². The predicted molar refractivity (Wildman–Crippen MR) is 58.9 cm³/mol. The van der Waals surface area contributed by atoms with Crippen molar-refractivity contribution < 1.29 is 29.8 Å². The normalized spacial score (nSPS) is 9.88. The van der Waals surface area contributed by atoms with Crippen LogP contribution in [-0.4, -0.2) is 0 Å². The second-order valence-electron chi connectivity index (χ2n) is 3.75. The first kappa shape index (κ1) is 14.1. The largest absolute Gasteiger partial charge is 2.00 e. The van der Waals surface area contributed by atoms with Gasteiger partial charge in [-0.05, 0) is 0 Å². The van der Waals surface area contributed by atoms with Gasteiger partial charge < -0.3 is 0 Å². The van der Waals surface area contributed by atoms with Gasteiger partial charge in [-0.3, -0.25) is 0 Å². The molecule has 0 saturated carbocycles. The average Bonchev–Trinajstić information content (AvgIpc) is 2.26. The maximum absolute atomic E-state index is 13.3. The van der Waals surface area contributed by atoms with Gasteiger partial charge in [0.25, 0.3) is 0 Å². The third kappa shape index (κ3) is 3.01. The molecule has 0 atom stereocenters. The topological polar surface area (TPSA) is 0 Å². The summed E-state index contributed by atoms with van der Waals surface area (Å²) < 4.78 is 26.6. The van der Waals surface area contributed by atoms with Crippen molar-refractivity contribution in [3.05, 3.63) is 59.2 Å². The summed E-state index contributed by atoms with van der Waals surface area (Å²) in [5.41, 5.74) is 2.08. The summed E-state index contributed by atoms with van der Waals surface area (Å²) in [5.74, 6) is -0.727. The Morgan fingerprint density at radius 2 is 1.71 bits per heavy atom. The van der Waals surface area contributed by atoms with Crippen LogP contribution < -0.4 is 0 Å². The van der Waals surface area contributed by atoms with Crippen LogP contribution in [0.1, 0.15) is 11.1 Å². The standard InChI is InChI=1S/C14H10F2.W/c1-9-3-5-11(7-13(9)15)12-6-4-10(2)14(16)8-12;/h3-5,8H,1-2H3;/q-2;+2. The molecule has 0 spiro atoms. The van der Waals surface area contributed by atoms with E-state index in [2.05, 4.69) is 12.1 Å². The van der Waals surface area contributed by atoms with Crippen molar-refractivity contribution in [3.8, 4) is 11.1 Å². The van der Waals surface area contributed by atoms with Gasteiger partial charge in [0.1, 0.15) is 0 Å². The molecule has 2 rings (SSSR count). The van der Waals surface area contributed by atoms with Crippen molar-refractivity contribution in [2.24, 2.45) is 0 Å². The molecule has 3 heteroatoms. The number of rotatable bonds is 1. The first-order valence-electron chi connectivity index (χ1n) is 4.94. The molecule has 0 fully saturated rings. The SMILES string of the molecule is Cc1ccc(-c2[c-]cc(C)c(F)c2)[c-]c1F.[W+2]. The fourth-order valence-corrected chi connectivity index (χ4v) is 1.39. The van der Waals surface area contributed by atoms with Crippen LogP contribution in [0.2, 0.25) is 0 Å². The van der Waals surface area contributed by atoms with E-state index in [4.69, 9.17) is 0 Å². The molecule has 0 amide bonds. The maximum Gasteiger partial charge on any atom is 2.00 e. The van der Waals surface area contributed by atoms with Gasteiger partial charge in [0.15, 0.2) is 0 Å². The molecular formula is C14H10F2W.